The molecule has 1 atom stereocenters. The molecule has 1 heterocycles. The van der Waals surface area contributed by atoms with Crippen LogP contribution in [0.1, 0.15) is 24.4 Å². The average molecular weight is 350 g/mol. The summed E-state index contributed by atoms with van der Waals surface area (Å²) in [6.07, 6.45) is 4.04. The van der Waals surface area contributed by atoms with Crippen LogP contribution in [0.25, 0.3) is 11.0 Å². The van der Waals surface area contributed by atoms with Crippen LogP contribution >= 0.6 is 0 Å². The van der Waals surface area contributed by atoms with Gasteiger partial charge in [0.2, 0.25) is 0 Å². The van der Waals surface area contributed by atoms with Gasteiger partial charge in [-0.05, 0) is 54.7 Å². The maximum Gasteiger partial charge on any atom is 0.319 e. The standard InChI is InChI=1S/C20H22N4O2/c1-24-12-21-17-11-15(7-10-18(17)24)22-20(25)23-19(13-3-4-13)14-5-8-16(26-2)9-6-14/h5-13,19H,3-4H2,1-2H3,(H2,22,23,25). The molecule has 1 saturated carbocycles. The van der Waals surface area contributed by atoms with Gasteiger partial charge in [-0.25, -0.2) is 9.78 Å². The summed E-state index contributed by atoms with van der Waals surface area (Å²) in [6, 6.07) is 13.4. The van der Waals surface area contributed by atoms with Gasteiger partial charge in [0, 0.05) is 12.7 Å². The zero-order valence-electron chi connectivity index (χ0n) is 14.9. The summed E-state index contributed by atoms with van der Waals surface area (Å²) in [4.78, 5) is 16.8. The summed E-state index contributed by atoms with van der Waals surface area (Å²) < 4.78 is 7.17. The van der Waals surface area contributed by atoms with E-state index in [0.717, 1.165) is 40.9 Å². The first-order valence-corrected chi connectivity index (χ1v) is 8.76. The summed E-state index contributed by atoms with van der Waals surface area (Å²) in [5, 5.41) is 6.04. The van der Waals surface area contributed by atoms with Gasteiger partial charge in [-0.15, -0.1) is 0 Å². The van der Waals surface area contributed by atoms with E-state index in [4.69, 9.17) is 4.74 Å². The number of hydrogen-bond acceptors (Lipinski definition) is 3. The van der Waals surface area contributed by atoms with Gasteiger partial charge >= 0.3 is 6.03 Å². The number of benzene rings is 2. The number of methoxy groups -OCH3 is 1. The minimum absolute atomic E-state index is 0.0134. The molecule has 1 fully saturated rings. The van der Waals surface area contributed by atoms with Crippen LogP contribution in [-0.2, 0) is 7.05 Å². The molecule has 6 nitrogen and oxygen atoms in total. The number of ether oxygens (including phenoxy) is 1. The van der Waals surface area contributed by atoms with Gasteiger partial charge in [0.25, 0.3) is 0 Å². The Morgan fingerprint density at radius 1 is 1.23 bits per heavy atom. The van der Waals surface area contributed by atoms with Gasteiger partial charge in [-0.3, -0.25) is 0 Å². The maximum atomic E-state index is 12.5. The number of hydrogen-bond donors (Lipinski definition) is 2. The number of anilines is 1. The van der Waals surface area contributed by atoms with Crippen LogP contribution in [0.4, 0.5) is 10.5 Å². The number of rotatable bonds is 5. The summed E-state index contributed by atoms with van der Waals surface area (Å²) in [6.45, 7) is 0. The van der Waals surface area contributed by atoms with Crippen LogP contribution in [0.3, 0.4) is 0 Å². The highest BCUT2D eigenvalue weighted by molar-refractivity contribution is 5.92. The normalized spacial score (nSPS) is 14.8. The summed E-state index contributed by atoms with van der Waals surface area (Å²) in [5.74, 6) is 1.31. The Labute approximate surface area is 152 Å². The molecule has 6 heteroatoms. The largest absolute Gasteiger partial charge is 0.497 e. The molecule has 0 bridgehead atoms. The van der Waals surface area contributed by atoms with Crippen LogP contribution in [0.15, 0.2) is 48.8 Å². The SMILES string of the molecule is COc1ccc(C(NC(=O)Nc2ccc3c(c2)ncn3C)C2CC2)cc1. The minimum Gasteiger partial charge on any atom is -0.497 e. The maximum absolute atomic E-state index is 12.5. The Morgan fingerprint density at radius 3 is 2.69 bits per heavy atom. The number of amides is 2. The lowest BCUT2D eigenvalue weighted by atomic mass is 10.0. The Balaban J connectivity index is 1.47. The number of carbonyl (C=O) groups is 1. The average Bonchev–Trinajstić information content (AvgIpc) is 3.43. The summed E-state index contributed by atoms with van der Waals surface area (Å²) >= 11 is 0. The third-order valence-electron chi connectivity index (χ3n) is 4.84. The van der Waals surface area contributed by atoms with Crippen molar-refractivity contribution in [3.63, 3.8) is 0 Å². The Hall–Kier alpha value is -3.02. The Morgan fingerprint density at radius 2 is 2.00 bits per heavy atom. The predicted molar refractivity (Wildman–Crippen MR) is 101 cm³/mol. The number of aromatic nitrogens is 2. The number of nitrogens with zero attached hydrogens (tertiary/aromatic N) is 2. The highest BCUT2D eigenvalue weighted by Crippen LogP contribution is 2.41. The van der Waals surface area contributed by atoms with Crippen molar-refractivity contribution in [3.8, 4) is 5.75 Å². The van der Waals surface area contributed by atoms with Crippen molar-refractivity contribution in [1.82, 2.24) is 14.9 Å². The van der Waals surface area contributed by atoms with Crippen LogP contribution in [0.5, 0.6) is 5.75 Å². The van der Waals surface area contributed by atoms with Crippen LogP contribution < -0.4 is 15.4 Å². The first-order chi connectivity index (χ1) is 12.6. The number of aryl methyl sites for hydroxylation is 1. The molecule has 134 valence electrons. The second kappa shape index (κ2) is 6.71. The molecule has 2 N–H and O–H groups in total. The third-order valence-corrected chi connectivity index (χ3v) is 4.84. The number of urea groups is 1. The van der Waals surface area contributed by atoms with Gasteiger partial charge in [0.1, 0.15) is 5.75 Å². The molecule has 1 aliphatic carbocycles. The number of imidazole rings is 1. The van der Waals surface area contributed by atoms with E-state index in [1.54, 1.807) is 13.4 Å². The lowest BCUT2D eigenvalue weighted by molar-refractivity contribution is 0.247. The molecule has 0 radical (unpaired) electrons. The molecule has 0 spiro atoms. The zero-order valence-corrected chi connectivity index (χ0v) is 14.9. The second-order valence-electron chi connectivity index (χ2n) is 6.75. The molecule has 2 aromatic carbocycles. The fraction of sp³-hybridized carbons (Fsp3) is 0.300. The van der Waals surface area contributed by atoms with E-state index < -0.39 is 0 Å². The highest BCUT2D eigenvalue weighted by Gasteiger charge is 2.33. The molecule has 1 aliphatic rings. The molecule has 1 unspecified atom stereocenters. The third kappa shape index (κ3) is 3.35. The van der Waals surface area contributed by atoms with Crippen molar-refractivity contribution < 1.29 is 9.53 Å². The molecule has 0 aliphatic heterocycles. The van der Waals surface area contributed by atoms with Crippen molar-refractivity contribution in [2.75, 3.05) is 12.4 Å². The summed E-state index contributed by atoms with van der Waals surface area (Å²) in [7, 11) is 3.60. The van der Waals surface area contributed by atoms with E-state index in [0.29, 0.717) is 5.92 Å². The second-order valence-corrected chi connectivity index (χ2v) is 6.75. The van der Waals surface area contributed by atoms with E-state index in [1.165, 1.54) is 0 Å². The predicted octanol–water partition coefficient (Wildman–Crippen LogP) is 3.85. The van der Waals surface area contributed by atoms with E-state index in [-0.39, 0.29) is 12.1 Å². The fourth-order valence-electron chi connectivity index (χ4n) is 3.24. The van der Waals surface area contributed by atoms with Crippen LogP contribution in [0.2, 0.25) is 0 Å². The number of fused-ring (bicyclic) bond motifs is 1. The van der Waals surface area contributed by atoms with Gasteiger partial charge in [-0.2, -0.15) is 0 Å². The van der Waals surface area contributed by atoms with Gasteiger partial charge in [0.15, 0.2) is 0 Å². The fourth-order valence-corrected chi connectivity index (χ4v) is 3.24. The van der Waals surface area contributed by atoms with Gasteiger partial charge < -0.3 is 19.9 Å². The quantitative estimate of drug-likeness (QED) is 0.734. The topological polar surface area (TPSA) is 68.2 Å². The lowest BCUT2D eigenvalue weighted by Gasteiger charge is -2.19. The first kappa shape index (κ1) is 16.4. The minimum atomic E-state index is -0.201. The molecule has 0 saturated heterocycles. The van der Waals surface area contributed by atoms with Crippen LogP contribution in [0, 0.1) is 5.92 Å². The molecule has 3 aromatic rings. The van der Waals surface area contributed by atoms with Crippen molar-refractivity contribution in [2.24, 2.45) is 13.0 Å². The first-order valence-electron chi connectivity index (χ1n) is 8.76. The molecule has 2 amide bonds. The van der Waals surface area contributed by atoms with Crippen molar-refractivity contribution in [1.29, 1.82) is 0 Å². The zero-order chi connectivity index (χ0) is 18.1. The van der Waals surface area contributed by atoms with Crippen molar-refractivity contribution in [3.05, 3.63) is 54.4 Å². The molecule has 4 rings (SSSR count). The monoisotopic (exact) mass is 350 g/mol. The van der Waals surface area contributed by atoms with Crippen LogP contribution in [-0.4, -0.2) is 22.7 Å². The smallest absolute Gasteiger partial charge is 0.319 e. The van der Waals surface area contributed by atoms with E-state index in [2.05, 4.69) is 15.6 Å². The number of nitrogens with one attached hydrogen (secondary N) is 2. The summed E-state index contributed by atoms with van der Waals surface area (Å²) in [5.41, 5.74) is 3.73. The van der Waals surface area contributed by atoms with E-state index in [9.17, 15) is 4.79 Å². The van der Waals surface area contributed by atoms with E-state index in [1.807, 2.05) is 54.1 Å². The number of carbonyl (C=O) groups excluding carboxylic acids is 1. The Kier molecular flexibility index (Phi) is 4.24. The molecule has 1 aromatic heterocycles. The van der Waals surface area contributed by atoms with Crippen molar-refractivity contribution >= 4 is 22.8 Å². The Bertz CT molecular complexity index is 929. The van der Waals surface area contributed by atoms with Gasteiger partial charge in [0.05, 0.1) is 30.5 Å². The van der Waals surface area contributed by atoms with Crippen molar-refractivity contribution in [2.45, 2.75) is 18.9 Å². The van der Waals surface area contributed by atoms with Gasteiger partial charge in [-0.1, -0.05) is 12.1 Å². The molecule has 26 heavy (non-hydrogen) atoms. The molecular formula is C20H22N4O2. The highest BCUT2D eigenvalue weighted by atomic mass is 16.5. The molecular weight excluding hydrogens is 328 g/mol. The lowest BCUT2D eigenvalue weighted by Crippen LogP contribution is -2.33. The van der Waals surface area contributed by atoms with E-state index >= 15 is 0 Å².